The summed E-state index contributed by atoms with van der Waals surface area (Å²) in [6, 6.07) is 6.50. The summed E-state index contributed by atoms with van der Waals surface area (Å²) in [7, 11) is -3.58. The Morgan fingerprint density at radius 1 is 1.23 bits per heavy atom. The van der Waals surface area contributed by atoms with E-state index in [9.17, 15) is 13.2 Å². The average molecular weight is 317 g/mol. The molecule has 0 unspecified atom stereocenters. The van der Waals surface area contributed by atoms with Crippen LogP contribution in [0.4, 0.5) is 0 Å². The predicted molar refractivity (Wildman–Crippen MR) is 84.9 cm³/mol. The lowest BCUT2D eigenvalue weighted by Gasteiger charge is -2.24. The van der Waals surface area contributed by atoms with Crippen LogP contribution < -0.4 is 0 Å². The van der Waals surface area contributed by atoms with Gasteiger partial charge in [0.05, 0.1) is 10.9 Å². The summed E-state index contributed by atoms with van der Waals surface area (Å²) in [6.45, 7) is 7.78. The smallest absolute Gasteiger partial charge is 0.243 e. The van der Waals surface area contributed by atoms with Crippen LogP contribution in [0.3, 0.4) is 0 Å². The molecule has 1 fully saturated rings. The molecule has 0 radical (unpaired) electrons. The maximum Gasteiger partial charge on any atom is 0.243 e. The van der Waals surface area contributed by atoms with Gasteiger partial charge in [0.15, 0.2) is 5.78 Å². The molecular weight excluding hydrogens is 298 g/mol. The zero-order chi connectivity index (χ0) is 16.1. The Labute approximate surface area is 131 Å². The Kier molecular flexibility index (Phi) is 3.57. The molecule has 5 heteroatoms. The van der Waals surface area contributed by atoms with Crippen molar-refractivity contribution in [3.63, 3.8) is 0 Å². The highest BCUT2D eigenvalue weighted by Crippen LogP contribution is 2.42. The molecule has 3 rings (SSSR count). The number of allylic oxidation sites excluding steroid dienone is 1. The van der Waals surface area contributed by atoms with Crippen molar-refractivity contribution < 1.29 is 13.2 Å². The molecule has 0 bridgehead atoms. The second-order valence-electron chi connectivity index (χ2n) is 5.97. The number of nitrogens with zero attached hydrogens (tertiary/aromatic N) is 1. The molecule has 1 aromatic carbocycles. The van der Waals surface area contributed by atoms with Gasteiger partial charge >= 0.3 is 0 Å². The number of hydrogen-bond acceptors (Lipinski definition) is 3. The topological polar surface area (TPSA) is 54.5 Å². The zero-order valence-electron chi connectivity index (χ0n) is 12.7. The third kappa shape index (κ3) is 2.16. The van der Waals surface area contributed by atoms with E-state index in [1.807, 2.05) is 6.92 Å². The van der Waals surface area contributed by atoms with E-state index in [4.69, 9.17) is 0 Å². The summed E-state index contributed by atoms with van der Waals surface area (Å²) >= 11 is 0. The fraction of sp³-hybridized carbons (Fsp3) is 0.353. The van der Waals surface area contributed by atoms with Crippen molar-refractivity contribution in [3.05, 3.63) is 53.6 Å². The van der Waals surface area contributed by atoms with Gasteiger partial charge in [-0.05, 0) is 37.1 Å². The molecule has 22 heavy (non-hydrogen) atoms. The summed E-state index contributed by atoms with van der Waals surface area (Å²) in [5.41, 5.74) is 2.69. The number of benzene rings is 1. The van der Waals surface area contributed by atoms with Gasteiger partial charge in [0.25, 0.3) is 0 Å². The highest BCUT2D eigenvalue weighted by molar-refractivity contribution is 7.89. The number of Topliss-reactive ketones (excluding diaryl/α,β-unsaturated/α-hetero) is 1. The van der Waals surface area contributed by atoms with Crippen LogP contribution in [-0.4, -0.2) is 31.1 Å². The van der Waals surface area contributed by atoms with Crippen LogP contribution in [0.5, 0.6) is 0 Å². The number of ketones is 1. The molecule has 0 amide bonds. The summed E-state index contributed by atoms with van der Waals surface area (Å²) in [5.74, 6) is 0.0736. The van der Waals surface area contributed by atoms with Crippen LogP contribution in [0.1, 0.15) is 18.9 Å². The van der Waals surface area contributed by atoms with Gasteiger partial charge in [-0.15, -0.1) is 6.58 Å². The number of sulfonamides is 1. The summed E-state index contributed by atoms with van der Waals surface area (Å²) in [5, 5.41) is 0. The van der Waals surface area contributed by atoms with Crippen LogP contribution in [-0.2, 0) is 14.8 Å². The van der Waals surface area contributed by atoms with Crippen molar-refractivity contribution in [2.75, 3.05) is 6.54 Å². The molecule has 1 aliphatic heterocycles. The fourth-order valence-electron chi connectivity index (χ4n) is 3.34. The largest absolute Gasteiger partial charge is 0.295 e. The van der Waals surface area contributed by atoms with E-state index in [1.54, 1.807) is 37.3 Å². The second kappa shape index (κ2) is 5.18. The first kappa shape index (κ1) is 15.2. The van der Waals surface area contributed by atoms with Gasteiger partial charge in [-0.1, -0.05) is 23.8 Å². The van der Waals surface area contributed by atoms with Crippen LogP contribution >= 0.6 is 0 Å². The first-order valence-electron chi connectivity index (χ1n) is 7.30. The molecule has 0 N–H and O–H groups in total. The zero-order valence-corrected chi connectivity index (χ0v) is 13.6. The molecule has 1 heterocycles. The van der Waals surface area contributed by atoms with E-state index >= 15 is 0 Å². The lowest BCUT2D eigenvalue weighted by Crippen LogP contribution is -2.37. The quantitative estimate of drug-likeness (QED) is 0.805. The van der Waals surface area contributed by atoms with Gasteiger partial charge < -0.3 is 0 Å². The van der Waals surface area contributed by atoms with E-state index in [-0.39, 0.29) is 29.2 Å². The number of carbonyl (C=O) groups is 1. The van der Waals surface area contributed by atoms with Gasteiger partial charge in [0, 0.05) is 18.9 Å². The van der Waals surface area contributed by atoms with E-state index in [2.05, 4.69) is 6.58 Å². The summed E-state index contributed by atoms with van der Waals surface area (Å²) in [6.07, 6.45) is 2.03. The van der Waals surface area contributed by atoms with Gasteiger partial charge in [-0.25, -0.2) is 8.42 Å². The minimum atomic E-state index is -3.58. The molecule has 1 aromatic rings. The van der Waals surface area contributed by atoms with E-state index in [0.29, 0.717) is 6.42 Å². The second-order valence-corrected chi connectivity index (χ2v) is 7.86. The molecule has 116 valence electrons. The summed E-state index contributed by atoms with van der Waals surface area (Å²) in [4.78, 5) is 12.1. The average Bonchev–Trinajstić information content (AvgIpc) is 2.97. The predicted octanol–water partition coefficient (Wildman–Crippen LogP) is 2.46. The molecule has 1 aliphatic carbocycles. The van der Waals surface area contributed by atoms with Crippen molar-refractivity contribution in [2.45, 2.75) is 31.2 Å². The van der Waals surface area contributed by atoms with Gasteiger partial charge in [0.1, 0.15) is 0 Å². The molecule has 0 aromatic heterocycles. The number of rotatable bonds is 3. The Balaban J connectivity index is 2.03. The SMILES string of the molecule is C=C[C@H]1[C@@H]2CC(=O)C(C)=C2CN1S(=O)(=O)c1ccc(C)cc1. The monoisotopic (exact) mass is 317 g/mol. The number of aryl methyl sites for hydroxylation is 1. The maximum atomic E-state index is 12.9. The first-order valence-corrected chi connectivity index (χ1v) is 8.74. The number of carbonyl (C=O) groups excluding carboxylic acids is 1. The normalized spacial score (nSPS) is 25.6. The van der Waals surface area contributed by atoms with Crippen LogP contribution in [0.2, 0.25) is 0 Å². The summed E-state index contributed by atoms with van der Waals surface area (Å²) < 4.78 is 27.3. The first-order chi connectivity index (χ1) is 10.4. The van der Waals surface area contributed by atoms with Crippen molar-refractivity contribution in [2.24, 2.45) is 5.92 Å². The molecule has 1 saturated heterocycles. The Morgan fingerprint density at radius 2 is 1.86 bits per heavy atom. The van der Waals surface area contributed by atoms with Crippen molar-refractivity contribution in [1.82, 2.24) is 4.31 Å². The molecule has 0 saturated carbocycles. The Morgan fingerprint density at radius 3 is 2.45 bits per heavy atom. The van der Waals surface area contributed by atoms with Crippen LogP contribution in [0.15, 0.2) is 53.0 Å². The van der Waals surface area contributed by atoms with Crippen molar-refractivity contribution in [3.8, 4) is 0 Å². The number of fused-ring (bicyclic) bond motifs is 1. The van der Waals surface area contributed by atoms with Gasteiger partial charge in [-0.3, -0.25) is 4.79 Å². The Bertz CT molecular complexity index is 775. The Hall–Kier alpha value is -1.72. The molecule has 4 nitrogen and oxygen atoms in total. The molecule has 0 spiro atoms. The van der Waals surface area contributed by atoms with Crippen molar-refractivity contribution in [1.29, 1.82) is 0 Å². The third-order valence-electron chi connectivity index (χ3n) is 4.69. The minimum Gasteiger partial charge on any atom is -0.295 e. The van der Waals surface area contributed by atoms with E-state index in [0.717, 1.165) is 16.7 Å². The molecule has 2 aliphatic rings. The van der Waals surface area contributed by atoms with Gasteiger partial charge in [-0.2, -0.15) is 4.31 Å². The van der Waals surface area contributed by atoms with Crippen LogP contribution in [0, 0.1) is 12.8 Å². The molecular formula is C17H19NO3S. The fourth-order valence-corrected chi connectivity index (χ4v) is 4.96. The third-order valence-corrected chi connectivity index (χ3v) is 6.55. The van der Waals surface area contributed by atoms with Gasteiger partial charge in [0.2, 0.25) is 10.0 Å². The standard InChI is InChI=1S/C17H19NO3S/c1-4-16-14-9-17(19)12(3)15(14)10-18(16)22(20,21)13-7-5-11(2)6-8-13/h4-8,14,16H,1,9-10H2,2-3H3/t14-,16+/m1/s1. The van der Waals surface area contributed by atoms with Crippen molar-refractivity contribution >= 4 is 15.8 Å². The lowest BCUT2D eigenvalue weighted by molar-refractivity contribution is -0.115. The lowest BCUT2D eigenvalue weighted by atomic mass is 9.97. The van der Waals surface area contributed by atoms with E-state index in [1.165, 1.54) is 4.31 Å². The highest BCUT2D eigenvalue weighted by atomic mass is 32.2. The number of hydrogen-bond donors (Lipinski definition) is 0. The van der Waals surface area contributed by atoms with Crippen LogP contribution in [0.25, 0.3) is 0 Å². The molecule has 2 atom stereocenters. The maximum absolute atomic E-state index is 12.9. The van der Waals surface area contributed by atoms with E-state index < -0.39 is 10.0 Å². The highest BCUT2D eigenvalue weighted by Gasteiger charge is 2.47. The minimum absolute atomic E-state index is 0.0507.